The SMILES string of the molecule is COc1cc(NC2=NCC(CC(C)C)S2)ccc1Br. The molecule has 1 aromatic rings. The average Bonchev–Trinajstić information content (AvgIpc) is 2.78. The van der Waals surface area contributed by atoms with Crippen LogP contribution in [0, 0.1) is 5.92 Å². The van der Waals surface area contributed by atoms with Crippen LogP contribution in [0.1, 0.15) is 20.3 Å². The highest BCUT2D eigenvalue weighted by Gasteiger charge is 2.20. The van der Waals surface area contributed by atoms with Crippen LogP contribution in [0.3, 0.4) is 0 Å². The van der Waals surface area contributed by atoms with Gasteiger partial charge in [-0.05, 0) is 40.4 Å². The Morgan fingerprint density at radius 3 is 3.00 bits per heavy atom. The quantitative estimate of drug-likeness (QED) is 0.880. The molecule has 3 nitrogen and oxygen atoms in total. The Morgan fingerprint density at radius 1 is 1.53 bits per heavy atom. The highest BCUT2D eigenvalue weighted by Crippen LogP contribution is 2.31. The summed E-state index contributed by atoms with van der Waals surface area (Å²) in [5, 5.41) is 4.98. The van der Waals surface area contributed by atoms with Gasteiger partial charge in [-0.25, -0.2) is 0 Å². The van der Waals surface area contributed by atoms with Crippen LogP contribution in [-0.4, -0.2) is 24.1 Å². The van der Waals surface area contributed by atoms with Crippen molar-refractivity contribution < 1.29 is 4.74 Å². The third-order valence-electron chi connectivity index (χ3n) is 2.85. The first kappa shape index (κ1) is 14.7. The minimum atomic E-state index is 0.611. The van der Waals surface area contributed by atoms with Gasteiger partial charge < -0.3 is 10.1 Å². The third kappa shape index (κ3) is 4.14. The van der Waals surface area contributed by atoms with E-state index in [2.05, 4.69) is 40.1 Å². The molecule has 0 aromatic heterocycles. The lowest BCUT2D eigenvalue weighted by Gasteiger charge is -2.12. The summed E-state index contributed by atoms with van der Waals surface area (Å²) in [7, 11) is 1.67. The second kappa shape index (κ2) is 6.66. The van der Waals surface area contributed by atoms with Crippen LogP contribution >= 0.6 is 27.7 Å². The van der Waals surface area contributed by atoms with Gasteiger partial charge in [0.2, 0.25) is 0 Å². The number of nitrogens with zero attached hydrogens (tertiary/aromatic N) is 1. The molecule has 1 aliphatic heterocycles. The maximum absolute atomic E-state index is 5.29. The number of rotatable bonds is 4. The largest absolute Gasteiger partial charge is 0.495 e. The Morgan fingerprint density at radius 2 is 2.32 bits per heavy atom. The summed E-state index contributed by atoms with van der Waals surface area (Å²) in [6, 6.07) is 5.97. The highest BCUT2D eigenvalue weighted by molar-refractivity contribution is 9.10. The molecule has 1 N–H and O–H groups in total. The number of halogens is 1. The van der Waals surface area contributed by atoms with E-state index >= 15 is 0 Å². The topological polar surface area (TPSA) is 33.6 Å². The van der Waals surface area contributed by atoms with Gasteiger partial charge in [-0.1, -0.05) is 25.6 Å². The van der Waals surface area contributed by atoms with Crippen LogP contribution in [0.5, 0.6) is 5.75 Å². The van der Waals surface area contributed by atoms with E-state index in [1.165, 1.54) is 6.42 Å². The number of benzene rings is 1. The molecule has 0 saturated heterocycles. The number of methoxy groups -OCH3 is 1. The minimum absolute atomic E-state index is 0.611. The number of hydrogen-bond acceptors (Lipinski definition) is 4. The zero-order chi connectivity index (χ0) is 13.8. The van der Waals surface area contributed by atoms with Crippen molar-refractivity contribution in [2.24, 2.45) is 10.9 Å². The monoisotopic (exact) mass is 342 g/mol. The van der Waals surface area contributed by atoms with Gasteiger partial charge in [0.05, 0.1) is 18.1 Å². The first-order chi connectivity index (χ1) is 9.08. The van der Waals surface area contributed by atoms with E-state index in [0.29, 0.717) is 5.25 Å². The number of nitrogens with one attached hydrogen (secondary N) is 1. The van der Waals surface area contributed by atoms with Gasteiger partial charge >= 0.3 is 0 Å². The van der Waals surface area contributed by atoms with E-state index in [0.717, 1.165) is 33.5 Å². The summed E-state index contributed by atoms with van der Waals surface area (Å²) in [5.74, 6) is 1.55. The lowest BCUT2D eigenvalue weighted by atomic mass is 10.1. The maximum atomic E-state index is 5.29. The molecule has 19 heavy (non-hydrogen) atoms. The fraction of sp³-hybridized carbons (Fsp3) is 0.500. The summed E-state index contributed by atoms with van der Waals surface area (Å²) >= 11 is 5.29. The molecule has 0 amide bonds. The molecule has 1 heterocycles. The van der Waals surface area contributed by atoms with Crippen molar-refractivity contribution >= 4 is 38.5 Å². The van der Waals surface area contributed by atoms with Gasteiger partial charge in [0.25, 0.3) is 0 Å². The van der Waals surface area contributed by atoms with Crippen molar-refractivity contribution in [2.45, 2.75) is 25.5 Å². The first-order valence-corrected chi connectivity index (χ1v) is 8.07. The molecule has 1 aliphatic rings. The third-order valence-corrected chi connectivity index (χ3v) is 4.64. The Labute approximate surface area is 127 Å². The number of thioether (sulfide) groups is 1. The van der Waals surface area contributed by atoms with Crippen molar-refractivity contribution in [2.75, 3.05) is 19.0 Å². The molecular weight excluding hydrogens is 324 g/mol. The van der Waals surface area contributed by atoms with E-state index in [-0.39, 0.29) is 0 Å². The second-order valence-electron chi connectivity index (χ2n) is 4.99. The summed E-state index contributed by atoms with van der Waals surface area (Å²) in [5.41, 5.74) is 1.01. The second-order valence-corrected chi connectivity index (χ2v) is 7.13. The number of hydrogen-bond donors (Lipinski definition) is 1. The summed E-state index contributed by atoms with van der Waals surface area (Å²) in [4.78, 5) is 4.56. The molecule has 1 atom stereocenters. The number of ether oxygens (including phenoxy) is 1. The van der Waals surface area contributed by atoms with Crippen LogP contribution in [-0.2, 0) is 0 Å². The van der Waals surface area contributed by atoms with Crippen molar-refractivity contribution in [1.82, 2.24) is 0 Å². The van der Waals surface area contributed by atoms with E-state index in [1.807, 2.05) is 30.0 Å². The van der Waals surface area contributed by atoms with Crippen molar-refractivity contribution in [3.63, 3.8) is 0 Å². The summed E-state index contributed by atoms with van der Waals surface area (Å²) in [6.45, 7) is 5.43. The Kier molecular flexibility index (Phi) is 5.16. The molecule has 0 aliphatic carbocycles. The number of amidine groups is 1. The smallest absolute Gasteiger partial charge is 0.161 e. The van der Waals surface area contributed by atoms with Gasteiger partial charge in [0.15, 0.2) is 5.17 Å². The van der Waals surface area contributed by atoms with Crippen LogP contribution in [0.4, 0.5) is 5.69 Å². The standard InChI is InChI=1S/C14H19BrN2OS/c1-9(2)6-11-8-16-14(19-11)17-10-4-5-12(15)13(7-10)18-3/h4-5,7,9,11H,6,8H2,1-3H3,(H,16,17). The molecule has 1 unspecified atom stereocenters. The lowest BCUT2D eigenvalue weighted by molar-refractivity contribution is 0.412. The van der Waals surface area contributed by atoms with Crippen molar-refractivity contribution in [1.29, 1.82) is 0 Å². The van der Waals surface area contributed by atoms with Crippen LogP contribution < -0.4 is 10.1 Å². The van der Waals surface area contributed by atoms with Gasteiger partial charge in [-0.2, -0.15) is 0 Å². The molecule has 5 heteroatoms. The maximum Gasteiger partial charge on any atom is 0.161 e. The molecule has 0 radical (unpaired) electrons. The van der Waals surface area contributed by atoms with Crippen molar-refractivity contribution in [3.8, 4) is 5.75 Å². The summed E-state index contributed by atoms with van der Waals surface area (Å²) < 4.78 is 6.25. The van der Waals surface area contributed by atoms with Gasteiger partial charge in [0.1, 0.15) is 5.75 Å². The number of anilines is 1. The molecule has 2 rings (SSSR count). The first-order valence-electron chi connectivity index (χ1n) is 6.40. The minimum Gasteiger partial charge on any atom is -0.495 e. The Bertz CT molecular complexity index is 477. The molecule has 0 fully saturated rings. The zero-order valence-electron chi connectivity index (χ0n) is 11.4. The molecular formula is C14H19BrN2OS. The fourth-order valence-electron chi connectivity index (χ4n) is 2.00. The van der Waals surface area contributed by atoms with Gasteiger partial charge in [-0.3, -0.25) is 4.99 Å². The van der Waals surface area contributed by atoms with E-state index in [4.69, 9.17) is 4.74 Å². The predicted octanol–water partition coefficient (Wildman–Crippen LogP) is 4.39. The highest BCUT2D eigenvalue weighted by atomic mass is 79.9. The molecule has 0 saturated carbocycles. The summed E-state index contributed by atoms with van der Waals surface area (Å²) in [6.07, 6.45) is 1.21. The lowest BCUT2D eigenvalue weighted by Crippen LogP contribution is -2.09. The fourth-order valence-corrected chi connectivity index (χ4v) is 3.68. The Hall–Kier alpha value is -0.680. The van der Waals surface area contributed by atoms with Crippen LogP contribution in [0.2, 0.25) is 0 Å². The van der Waals surface area contributed by atoms with Crippen LogP contribution in [0.25, 0.3) is 0 Å². The predicted molar refractivity (Wildman–Crippen MR) is 87.5 cm³/mol. The molecule has 104 valence electrons. The average molecular weight is 343 g/mol. The van der Waals surface area contributed by atoms with Gasteiger partial charge in [-0.15, -0.1) is 0 Å². The molecule has 1 aromatic carbocycles. The van der Waals surface area contributed by atoms with E-state index in [1.54, 1.807) is 7.11 Å². The van der Waals surface area contributed by atoms with Crippen molar-refractivity contribution in [3.05, 3.63) is 22.7 Å². The molecule has 0 bridgehead atoms. The van der Waals surface area contributed by atoms with E-state index in [9.17, 15) is 0 Å². The van der Waals surface area contributed by atoms with E-state index < -0.39 is 0 Å². The van der Waals surface area contributed by atoms with Gasteiger partial charge in [0, 0.05) is 17.0 Å². The molecule has 0 spiro atoms. The van der Waals surface area contributed by atoms with Crippen LogP contribution in [0.15, 0.2) is 27.7 Å². The number of aliphatic imine (C=N–C) groups is 1. The Balaban J connectivity index is 1.95. The zero-order valence-corrected chi connectivity index (χ0v) is 13.8. The normalized spacial score (nSPS) is 18.6.